The van der Waals surface area contributed by atoms with E-state index in [9.17, 15) is 23.5 Å². The minimum Gasteiger partial charge on any atom is -0.502 e. The Morgan fingerprint density at radius 3 is 2.54 bits per heavy atom. The summed E-state index contributed by atoms with van der Waals surface area (Å²) in [4.78, 5) is 27.8. The van der Waals surface area contributed by atoms with Crippen molar-refractivity contribution in [2.75, 3.05) is 18.2 Å². The van der Waals surface area contributed by atoms with E-state index in [2.05, 4.69) is 24.0 Å². The molecule has 0 unspecified atom stereocenters. The quantitative estimate of drug-likeness (QED) is 0.528. The van der Waals surface area contributed by atoms with Gasteiger partial charge >= 0.3 is 0 Å². The molecular formula is C24H27F2N5O3S. The van der Waals surface area contributed by atoms with Crippen LogP contribution in [-0.2, 0) is 6.42 Å². The molecule has 3 heterocycles. The predicted octanol–water partition coefficient (Wildman–Crippen LogP) is 3.75. The highest BCUT2D eigenvalue weighted by molar-refractivity contribution is 7.14. The van der Waals surface area contributed by atoms with E-state index in [0.717, 1.165) is 29.9 Å². The molecule has 8 nitrogen and oxygen atoms in total. The van der Waals surface area contributed by atoms with Crippen LogP contribution >= 0.6 is 11.3 Å². The fourth-order valence-corrected chi connectivity index (χ4v) is 4.72. The van der Waals surface area contributed by atoms with E-state index in [1.165, 1.54) is 16.9 Å². The Kier molecular flexibility index (Phi) is 6.88. The Hall–Kier alpha value is -3.34. The molecule has 1 N–H and O–H groups in total. The van der Waals surface area contributed by atoms with E-state index in [4.69, 9.17) is 0 Å². The Balaban J connectivity index is 1.74. The number of halogens is 2. The number of hydrogen-bond donors (Lipinski definition) is 1. The molecule has 0 spiro atoms. The average Bonchev–Trinajstić information content (AvgIpc) is 3.25. The first-order chi connectivity index (χ1) is 16.6. The molecule has 0 fully saturated rings. The van der Waals surface area contributed by atoms with Crippen LogP contribution in [0.2, 0.25) is 0 Å². The lowest BCUT2D eigenvalue weighted by atomic mass is 10.1. The van der Waals surface area contributed by atoms with Gasteiger partial charge in [-0.05, 0) is 37.8 Å². The smallest absolute Gasteiger partial charge is 0.278 e. The van der Waals surface area contributed by atoms with E-state index in [0.29, 0.717) is 24.1 Å². The zero-order chi connectivity index (χ0) is 25.4. The van der Waals surface area contributed by atoms with Crippen molar-refractivity contribution in [2.24, 2.45) is 5.92 Å². The molecule has 186 valence electrons. The number of amides is 1. The summed E-state index contributed by atoms with van der Waals surface area (Å²) in [6.45, 7) is 8.86. The van der Waals surface area contributed by atoms with Crippen LogP contribution in [0.15, 0.2) is 29.2 Å². The summed E-state index contributed by atoms with van der Waals surface area (Å²) < 4.78 is 28.8. The molecule has 1 aliphatic heterocycles. The molecule has 1 aromatic carbocycles. The predicted molar refractivity (Wildman–Crippen MR) is 129 cm³/mol. The lowest BCUT2D eigenvalue weighted by Gasteiger charge is -2.41. The van der Waals surface area contributed by atoms with Crippen LogP contribution in [0.3, 0.4) is 0 Å². The molecule has 4 rings (SSSR count). The molecule has 35 heavy (non-hydrogen) atoms. The summed E-state index contributed by atoms with van der Waals surface area (Å²) in [5.41, 5.74) is -0.469. The minimum atomic E-state index is -0.727. The molecule has 0 saturated carbocycles. The molecule has 3 aromatic rings. The van der Waals surface area contributed by atoms with Crippen molar-refractivity contribution < 1.29 is 18.7 Å². The fourth-order valence-electron chi connectivity index (χ4n) is 3.85. The third-order valence-electron chi connectivity index (χ3n) is 5.89. The molecule has 0 aliphatic carbocycles. The largest absolute Gasteiger partial charge is 0.502 e. The van der Waals surface area contributed by atoms with Gasteiger partial charge < -0.3 is 10.0 Å². The summed E-state index contributed by atoms with van der Waals surface area (Å²) in [5.74, 6) is -2.02. The lowest BCUT2D eigenvalue weighted by molar-refractivity contribution is 0.0629. The maximum Gasteiger partial charge on any atom is 0.278 e. The molecule has 0 atom stereocenters. The molecule has 0 bridgehead atoms. The van der Waals surface area contributed by atoms with Crippen LogP contribution in [0.1, 0.15) is 55.2 Å². The summed E-state index contributed by atoms with van der Waals surface area (Å²) >= 11 is 1.07. The minimum absolute atomic E-state index is 0.0738. The molecule has 0 saturated heterocycles. The monoisotopic (exact) mass is 503 g/mol. The van der Waals surface area contributed by atoms with Crippen molar-refractivity contribution in [2.45, 2.75) is 46.6 Å². The van der Waals surface area contributed by atoms with Crippen molar-refractivity contribution in [3.05, 3.63) is 62.5 Å². The standard InChI is InChI=1S/C24H27F2N5O3S/c1-13(2)7-8-29-12-30(14(3)4)24(34)20-22(33)21(32)17(11-31(20)29)23-28-27-19(35-23)9-15-5-6-16(25)10-18(15)26/h5-6,10-11,13-14,33H,7-9,12H2,1-4H3. The van der Waals surface area contributed by atoms with E-state index >= 15 is 0 Å². The second kappa shape index (κ2) is 9.73. The van der Waals surface area contributed by atoms with E-state index in [1.54, 1.807) is 4.90 Å². The number of carbonyl (C=O) groups is 1. The first kappa shape index (κ1) is 24.8. The number of rotatable bonds is 7. The van der Waals surface area contributed by atoms with Gasteiger partial charge in [0.25, 0.3) is 5.91 Å². The highest BCUT2D eigenvalue weighted by atomic mass is 32.1. The average molecular weight is 504 g/mol. The fraction of sp³-hybridized carbons (Fsp3) is 0.417. The van der Waals surface area contributed by atoms with Gasteiger partial charge in [0.1, 0.15) is 23.3 Å². The number of carbonyl (C=O) groups excluding carboxylic acids is 1. The van der Waals surface area contributed by atoms with Crippen molar-refractivity contribution >= 4 is 17.2 Å². The summed E-state index contributed by atoms with van der Waals surface area (Å²) in [6, 6.07) is 3.18. The maximum atomic E-state index is 14.1. The third kappa shape index (κ3) is 4.90. The number of nitrogens with zero attached hydrogens (tertiary/aromatic N) is 5. The van der Waals surface area contributed by atoms with Crippen LogP contribution in [0.4, 0.5) is 8.78 Å². The lowest BCUT2D eigenvalue weighted by Crippen LogP contribution is -2.56. The third-order valence-corrected chi connectivity index (χ3v) is 6.85. The number of hydrogen-bond acceptors (Lipinski definition) is 7. The zero-order valence-corrected chi connectivity index (χ0v) is 20.8. The Morgan fingerprint density at radius 2 is 1.89 bits per heavy atom. The van der Waals surface area contributed by atoms with Gasteiger partial charge in [0, 0.05) is 31.3 Å². The van der Waals surface area contributed by atoms with Gasteiger partial charge in [-0.2, -0.15) is 0 Å². The van der Waals surface area contributed by atoms with Crippen molar-refractivity contribution in [3.8, 4) is 16.3 Å². The van der Waals surface area contributed by atoms with Gasteiger partial charge in [0.2, 0.25) is 5.43 Å². The van der Waals surface area contributed by atoms with E-state index in [1.807, 2.05) is 18.9 Å². The van der Waals surface area contributed by atoms with Crippen molar-refractivity contribution in [1.29, 1.82) is 0 Å². The van der Waals surface area contributed by atoms with Gasteiger partial charge in [-0.25, -0.2) is 8.78 Å². The van der Waals surface area contributed by atoms with Gasteiger partial charge in [-0.3, -0.25) is 19.3 Å². The van der Waals surface area contributed by atoms with Gasteiger partial charge in [0.05, 0.1) is 5.56 Å². The van der Waals surface area contributed by atoms with Crippen LogP contribution in [-0.4, -0.2) is 50.0 Å². The van der Waals surface area contributed by atoms with Crippen molar-refractivity contribution in [1.82, 2.24) is 19.8 Å². The molecule has 0 radical (unpaired) electrons. The Bertz CT molecular complexity index is 1320. The van der Waals surface area contributed by atoms with Gasteiger partial charge in [-0.15, -0.1) is 10.2 Å². The summed E-state index contributed by atoms with van der Waals surface area (Å²) in [6.07, 6.45) is 2.43. The normalized spacial score (nSPS) is 13.8. The molecular weight excluding hydrogens is 476 g/mol. The van der Waals surface area contributed by atoms with E-state index < -0.39 is 28.7 Å². The molecule has 1 amide bonds. The first-order valence-electron chi connectivity index (χ1n) is 11.4. The molecule has 2 aromatic heterocycles. The van der Waals surface area contributed by atoms with Crippen LogP contribution in [0, 0.1) is 17.6 Å². The number of aromatic nitrogens is 3. The van der Waals surface area contributed by atoms with Crippen molar-refractivity contribution in [3.63, 3.8) is 0 Å². The topological polar surface area (TPSA) is 91.6 Å². The highest BCUT2D eigenvalue weighted by Gasteiger charge is 2.35. The van der Waals surface area contributed by atoms with Gasteiger partial charge in [0.15, 0.2) is 16.5 Å². The second-order valence-corrected chi connectivity index (χ2v) is 10.3. The highest BCUT2D eigenvalue weighted by Crippen LogP contribution is 2.29. The molecule has 1 aliphatic rings. The summed E-state index contributed by atoms with van der Waals surface area (Å²) in [5, 5.41) is 21.5. The number of benzene rings is 1. The Labute approximate surface area is 205 Å². The van der Waals surface area contributed by atoms with Crippen LogP contribution in [0.5, 0.6) is 5.75 Å². The van der Waals surface area contributed by atoms with Crippen LogP contribution < -0.4 is 10.4 Å². The first-order valence-corrected chi connectivity index (χ1v) is 12.2. The summed E-state index contributed by atoms with van der Waals surface area (Å²) in [7, 11) is 0. The van der Waals surface area contributed by atoms with E-state index in [-0.39, 0.29) is 34.3 Å². The SMILES string of the molecule is CC(C)CCN1CN(C(C)C)C(=O)c2c(O)c(=O)c(-c3nnc(Cc4ccc(F)cc4F)s3)cn21. The number of pyridine rings is 1. The second-order valence-electron chi connectivity index (χ2n) is 9.25. The van der Waals surface area contributed by atoms with Gasteiger partial charge in [-0.1, -0.05) is 31.3 Å². The Morgan fingerprint density at radius 1 is 1.14 bits per heavy atom. The number of fused-ring (bicyclic) bond motifs is 1. The van der Waals surface area contributed by atoms with Crippen LogP contribution in [0.25, 0.3) is 10.6 Å². The zero-order valence-electron chi connectivity index (χ0n) is 20.0. The molecule has 11 heteroatoms. The maximum absolute atomic E-state index is 14.1. The number of aromatic hydroxyl groups is 1.